The molecule has 0 aliphatic heterocycles. The number of nitrogens with zero attached hydrogens (tertiary/aromatic N) is 1. The van der Waals surface area contributed by atoms with Gasteiger partial charge in [-0.05, 0) is 39.3 Å². The van der Waals surface area contributed by atoms with Crippen LogP contribution in [0.5, 0.6) is 11.5 Å². The molecule has 20 heavy (non-hydrogen) atoms. The first-order valence-electron chi connectivity index (χ1n) is 6.56. The first kappa shape index (κ1) is 16.1. The van der Waals surface area contributed by atoms with Crippen LogP contribution in [0.2, 0.25) is 0 Å². The van der Waals surface area contributed by atoms with Gasteiger partial charge in [-0.2, -0.15) is 0 Å². The lowest BCUT2D eigenvalue weighted by Crippen LogP contribution is -2.36. The molecule has 0 unspecified atom stereocenters. The Kier molecular flexibility index (Phi) is 5.25. The number of para-hydroxylation sites is 1. The van der Waals surface area contributed by atoms with Crippen molar-refractivity contribution in [2.24, 2.45) is 0 Å². The fourth-order valence-electron chi connectivity index (χ4n) is 1.54. The van der Waals surface area contributed by atoms with Gasteiger partial charge >= 0.3 is 6.09 Å². The minimum absolute atomic E-state index is 0.102. The lowest BCUT2D eigenvalue weighted by atomic mass is 10.2. The first-order chi connectivity index (χ1) is 9.20. The highest BCUT2D eigenvalue weighted by molar-refractivity contribution is 5.67. The van der Waals surface area contributed by atoms with E-state index in [9.17, 15) is 9.90 Å². The molecule has 1 rings (SSSR count). The van der Waals surface area contributed by atoms with Gasteiger partial charge in [0.15, 0.2) is 11.5 Å². The molecule has 0 saturated carbocycles. The number of aromatic hydroxyl groups is 1. The van der Waals surface area contributed by atoms with Crippen LogP contribution in [0.15, 0.2) is 18.2 Å². The van der Waals surface area contributed by atoms with Crippen molar-refractivity contribution in [2.75, 3.05) is 20.2 Å². The molecule has 1 aromatic carbocycles. The summed E-state index contributed by atoms with van der Waals surface area (Å²) >= 11 is 0. The number of benzene rings is 1. The SMILES string of the molecule is Cc1cccc(O)c1OCCN(C)C(=O)OC(C)(C)C. The van der Waals surface area contributed by atoms with Gasteiger partial charge in [0.2, 0.25) is 0 Å². The zero-order valence-corrected chi connectivity index (χ0v) is 12.8. The molecule has 0 aliphatic rings. The highest BCUT2D eigenvalue weighted by Crippen LogP contribution is 2.28. The Morgan fingerprint density at radius 1 is 1.35 bits per heavy atom. The third-order valence-corrected chi connectivity index (χ3v) is 2.57. The largest absolute Gasteiger partial charge is 0.504 e. The summed E-state index contributed by atoms with van der Waals surface area (Å²) in [7, 11) is 1.65. The molecule has 0 atom stereocenters. The highest BCUT2D eigenvalue weighted by Gasteiger charge is 2.19. The molecule has 0 fully saturated rings. The maximum Gasteiger partial charge on any atom is 0.410 e. The maximum absolute atomic E-state index is 11.7. The number of hydrogen-bond acceptors (Lipinski definition) is 4. The molecule has 1 amide bonds. The van der Waals surface area contributed by atoms with Gasteiger partial charge in [-0.3, -0.25) is 0 Å². The van der Waals surface area contributed by atoms with Gasteiger partial charge in [-0.25, -0.2) is 4.79 Å². The standard InChI is InChI=1S/C15H23NO4/c1-11-7-6-8-12(17)13(11)19-10-9-16(5)14(18)20-15(2,3)4/h6-8,17H,9-10H2,1-5H3. The summed E-state index contributed by atoms with van der Waals surface area (Å²) < 4.78 is 10.8. The number of hydrogen-bond donors (Lipinski definition) is 1. The Balaban J connectivity index is 2.46. The second-order valence-corrected chi connectivity index (χ2v) is 5.67. The predicted molar refractivity (Wildman–Crippen MR) is 77.2 cm³/mol. The van der Waals surface area contributed by atoms with E-state index in [-0.39, 0.29) is 12.4 Å². The van der Waals surface area contributed by atoms with Crippen LogP contribution in [0, 0.1) is 6.92 Å². The summed E-state index contributed by atoms with van der Waals surface area (Å²) in [4.78, 5) is 13.2. The highest BCUT2D eigenvalue weighted by atomic mass is 16.6. The third kappa shape index (κ3) is 4.99. The minimum atomic E-state index is -0.513. The molecule has 5 nitrogen and oxygen atoms in total. The van der Waals surface area contributed by atoms with Crippen molar-refractivity contribution in [3.8, 4) is 11.5 Å². The molecule has 0 aliphatic carbocycles. The molecular formula is C15H23NO4. The molecule has 0 saturated heterocycles. The van der Waals surface area contributed by atoms with Crippen molar-refractivity contribution in [3.63, 3.8) is 0 Å². The van der Waals surface area contributed by atoms with Crippen LogP contribution in [0.3, 0.4) is 0 Å². The van der Waals surface area contributed by atoms with Crippen LogP contribution >= 0.6 is 0 Å². The number of carbonyl (C=O) groups is 1. The van der Waals surface area contributed by atoms with E-state index in [0.29, 0.717) is 12.3 Å². The van der Waals surface area contributed by atoms with Crippen LogP contribution in [-0.2, 0) is 4.74 Å². The van der Waals surface area contributed by atoms with E-state index >= 15 is 0 Å². The number of phenolic OH excluding ortho intramolecular Hbond substituents is 1. The zero-order chi connectivity index (χ0) is 15.3. The smallest absolute Gasteiger partial charge is 0.410 e. The second kappa shape index (κ2) is 6.50. The molecule has 0 spiro atoms. The van der Waals surface area contributed by atoms with Crippen molar-refractivity contribution in [1.82, 2.24) is 4.90 Å². The van der Waals surface area contributed by atoms with Crippen molar-refractivity contribution in [2.45, 2.75) is 33.3 Å². The quantitative estimate of drug-likeness (QED) is 0.921. The molecule has 1 N–H and O–H groups in total. The van der Waals surface area contributed by atoms with Crippen LogP contribution in [0.4, 0.5) is 4.79 Å². The summed E-state index contributed by atoms with van der Waals surface area (Å²) in [5, 5.41) is 9.69. The Morgan fingerprint density at radius 2 is 2.00 bits per heavy atom. The molecule has 0 bridgehead atoms. The number of carbonyl (C=O) groups excluding carboxylic acids is 1. The molecule has 0 radical (unpaired) electrons. The van der Waals surface area contributed by atoms with Gasteiger partial charge in [0, 0.05) is 7.05 Å². The Bertz CT molecular complexity index is 445. The number of phenols is 1. The third-order valence-electron chi connectivity index (χ3n) is 2.57. The lowest BCUT2D eigenvalue weighted by molar-refractivity contribution is 0.0278. The molecule has 0 heterocycles. The Hall–Kier alpha value is -1.91. The number of ether oxygens (including phenoxy) is 2. The number of amides is 1. The average molecular weight is 281 g/mol. The molecule has 1 aromatic rings. The van der Waals surface area contributed by atoms with Crippen molar-refractivity contribution in [1.29, 1.82) is 0 Å². The molecule has 0 aromatic heterocycles. The summed E-state index contributed by atoms with van der Waals surface area (Å²) in [6.45, 7) is 7.98. The summed E-state index contributed by atoms with van der Waals surface area (Å²) in [6, 6.07) is 5.18. The van der Waals surface area contributed by atoms with Gasteiger partial charge in [0.1, 0.15) is 12.2 Å². The van der Waals surface area contributed by atoms with Crippen LogP contribution in [0.25, 0.3) is 0 Å². The molecular weight excluding hydrogens is 258 g/mol. The normalized spacial score (nSPS) is 11.1. The Morgan fingerprint density at radius 3 is 2.55 bits per heavy atom. The number of aryl methyl sites for hydroxylation is 1. The van der Waals surface area contributed by atoms with Crippen molar-refractivity contribution >= 4 is 6.09 Å². The minimum Gasteiger partial charge on any atom is -0.504 e. The lowest BCUT2D eigenvalue weighted by Gasteiger charge is -2.24. The second-order valence-electron chi connectivity index (χ2n) is 5.67. The monoisotopic (exact) mass is 281 g/mol. The van der Waals surface area contributed by atoms with E-state index in [2.05, 4.69) is 0 Å². The summed E-state index contributed by atoms with van der Waals surface area (Å²) in [5.74, 6) is 0.551. The van der Waals surface area contributed by atoms with Crippen LogP contribution < -0.4 is 4.74 Å². The van der Waals surface area contributed by atoms with Crippen molar-refractivity contribution < 1.29 is 19.4 Å². The van der Waals surface area contributed by atoms with E-state index in [1.165, 1.54) is 4.90 Å². The van der Waals surface area contributed by atoms with Gasteiger partial charge in [-0.15, -0.1) is 0 Å². The van der Waals surface area contributed by atoms with E-state index in [0.717, 1.165) is 5.56 Å². The number of rotatable bonds is 4. The van der Waals surface area contributed by atoms with Crippen molar-refractivity contribution in [3.05, 3.63) is 23.8 Å². The summed E-state index contributed by atoms with van der Waals surface area (Å²) in [5.41, 5.74) is 0.338. The Labute approximate surface area is 120 Å². The van der Waals surface area contributed by atoms with Gasteiger partial charge in [0.25, 0.3) is 0 Å². The van der Waals surface area contributed by atoms with Crippen LogP contribution in [0.1, 0.15) is 26.3 Å². The maximum atomic E-state index is 11.7. The zero-order valence-electron chi connectivity index (χ0n) is 12.8. The number of likely N-dealkylation sites (N-methyl/N-ethyl adjacent to an activating group) is 1. The van der Waals surface area contributed by atoms with Crippen LogP contribution in [-0.4, -0.2) is 41.9 Å². The van der Waals surface area contributed by atoms with E-state index in [1.54, 1.807) is 19.2 Å². The van der Waals surface area contributed by atoms with E-state index < -0.39 is 11.7 Å². The first-order valence-corrected chi connectivity index (χ1v) is 6.56. The fraction of sp³-hybridized carbons (Fsp3) is 0.533. The van der Waals surface area contributed by atoms with Gasteiger partial charge in [0.05, 0.1) is 6.54 Å². The average Bonchev–Trinajstić information content (AvgIpc) is 2.30. The fourth-order valence-corrected chi connectivity index (χ4v) is 1.54. The molecule has 112 valence electrons. The molecule has 5 heteroatoms. The van der Waals surface area contributed by atoms with E-state index in [4.69, 9.17) is 9.47 Å². The van der Waals surface area contributed by atoms with Gasteiger partial charge in [-0.1, -0.05) is 12.1 Å². The van der Waals surface area contributed by atoms with Gasteiger partial charge < -0.3 is 19.5 Å². The summed E-state index contributed by atoms with van der Waals surface area (Å²) in [6.07, 6.45) is -0.393. The topological polar surface area (TPSA) is 59.0 Å². The van der Waals surface area contributed by atoms with E-state index in [1.807, 2.05) is 33.8 Å². The predicted octanol–water partition coefficient (Wildman–Crippen LogP) is 2.95.